The van der Waals surface area contributed by atoms with Gasteiger partial charge in [-0.1, -0.05) is 30.3 Å². The van der Waals surface area contributed by atoms with Crippen LogP contribution in [0.1, 0.15) is 5.56 Å². The SMILES string of the molecule is [NH3+][C@H](CO)Cc1ccccc1. The highest BCUT2D eigenvalue weighted by Crippen LogP contribution is 1.99. The molecule has 0 aromatic heterocycles. The minimum Gasteiger partial charge on any atom is -0.390 e. The molecule has 0 saturated heterocycles. The Bertz CT molecular complexity index is 198. The molecule has 4 N–H and O–H groups in total. The van der Waals surface area contributed by atoms with Gasteiger partial charge in [-0.05, 0) is 5.56 Å². The summed E-state index contributed by atoms with van der Waals surface area (Å²) in [7, 11) is 0. The van der Waals surface area contributed by atoms with Crippen LogP contribution in [0.25, 0.3) is 0 Å². The van der Waals surface area contributed by atoms with Gasteiger partial charge in [0.2, 0.25) is 0 Å². The summed E-state index contributed by atoms with van der Waals surface area (Å²) in [5.74, 6) is 0. The predicted molar refractivity (Wildman–Crippen MR) is 43.9 cm³/mol. The van der Waals surface area contributed by atoms with Crippen molar-refractivity contribution in [2.45, 2.75) is 12.5 Å². The predicted octanol–water partition coefficient (Wildman–Crippen LogP) is -0.168. The van der Waals surface area contributed by atoms with E-state index in [0.717, 1.165) is 6.42 Å². The standard InChI is InChI=1S/C9H13NO/c10-9(7-11)6-8-4-2-1-3-5-8/h1-5,9,11H,6-7,10H2/p+1/t9-/m0/s1. The van der Waals surface area contributed by atoms with Crippen LogP contribution in [0.3, 0.4) is 0 Å². The Morgan fingerprint density at radius 2 is 1.91 bits per heavy atom. The zero-order valence-electron chi connectivity index (χ0n) is 6.53. The Balaban J connectivity index is 2.51. The van der Waals surface area contributed by atoms with E-state index in [9.17, 15) is 0 Å². The average molecular weight is 152 g/mol. The minimum atomic E-state index is 0.123. The van der Waals surface area contributed by atoms with Crippen molar-refractivity contribution in [2.24, 2.45) is 0 Å². The summed E-state index contributed by atoms with van der Waals surface area (Å²) in [6, 6.07) is 10.2. The molecule has 1 aromatic carbocycles. The third kappa shape index (κ3) is 2.70. The van der Waals surface area contributed by atoms with E-state index in [1.165, 1.54) is 5.56 Å². The largest absolute Gasteiger partial charge is 0.390 e. The smallest absolute Gasteiger partial charge is 0.112 e. The first-order valence-corrected chi connectivity index (χ1v) is 3.81. The number of quaternary nitrogens is 1. The Labute approximate surface area is 66.7 Å². The molecule has 0 radical (unpaired) electrons. The molecule has 0 saturated carbocycles. The summed E-state index contributed by atoms with van der Waals surface area (Å²) in [6.07, 6.45) is 0.858. The van der Waals surface area contributed by atoms with Gasteiger partial charge in [-0.2, -0.15) is 0 Å². The lowest BCUT2D eigenvalue weighted by Crippen LogP contribution is -2.63. The van der Waals surface area contributed by atoms with Crippen molar-refractivity contribution >= 4 is 0 Å². The van der Waals surface area contributed by atoms with Crippen molar-refractivity contribution in [1.29, 1.82) is 0 Å². The Kier molecular flexibility index (Phi) is 3.08. The van der Waals surface area contributed by atoms with Gasteiger partial charge in [0.25, 0.3) is 0 Å². The third-order valence-electron chi connectivity index (χ3n) is 1.63. The van der Waals surface area contributed by atoms with Gasteiger partial charge in [-0.25, -0.2) is 0 Å². The maximum atomic E-state index is 8.73. The monoisotopic (exact) mass is 152 g/mol. The van der Waals surface area contributed by atoms with Crippen LogP contribution in [-0.2, 0) is 6.42 Å². The number of aliphatic hydroxyl groups is 1. The van der Waals surface area contributed by atoms with Gasteiger partial charge < -0.3 is 10.8 Å². The molecule has 60 valence electrons. The second-order valence-electron chi connectivity index (χ2n) is 2.74. The van der Waals surface area contributed by atoms with E-state index in [1.54, 1.807) is 0 Å². The third-order valence-corrected chi connectivity index (χ3v) is 1.63. The zero-order chi connectivity index (χ0) is 8.10. The maximum absolute atomic E-state index is 8.73. The van der Waals surface area contributed by atoms with Crippen molar-refractivity contribution < 1.29 is 10.8 Å². The van der Waals surface area contributed by atoms with E-state index >= 15 is 0 Å². The summed E-state index contributed by atoms with van der Waals surface area (Å²) in [4.78, 5) is 0. The van der Waals surface area contributed by atoms with E-state index in [2.05, 4.69) is 5.73 Å². The van der Waals surface area contributed by atoms with Crippen LogP contribution >= 0.6 is 0 Å². The summed E-state index contributed by atoms with van der Waals surface area (Å²) >= 11 is 0. The van der Waals surface area contributed by atoms with E-state index in [1.807, 2.05) is 30.3 Å². The highest BCUT2D eigenvalue weighted by atomic mass is 16.3. The molecule has 11 heavy (non-hydrogen) atoms. The summed E-state index contributed by atoms with van der Waals surface area (Å²) in [5, 5.41) is 8.73. The molecule has 0 aliphatic heterocycles. The molecule has 2 nitrogen and oxygen atoms in total. The van der Waals surface area contributed by atoms with Gasteiger partial charge in [0, 0.05) is 6.42 Å². The molecule has 2 heteroatoms. The minimum absolute atomic E-state index is 0.123. The highest BCUT2D eigenvalue weighted by Gasteiger charge is 2.03. The molecule has 1 aromatic rings. The second-order valence-corrected chi connectivity index (χ2v) is 2.74. The number of benzene rings is 1. The normalized spacial score (nSPS) is 12.9. The fraction of sp³-hybridized carbons (Fsp3) is 0.333. The Morgan fingerprint density at radius 3 is 2.45 bits per heavy atom. The lowest BCUT2D eigenvalue weighted by Gasteiger charge is -2.03. The lowest BCUT2D eigenvalue weighted by molar-refractivity contribution is -0.424. The fourth-order valence-corrected chi connectivity index (χ4v) is 1.01. The van der Waals surface area contributed by atoms with E-state index < -0.39 is 0 Å². The Hall–Kier alpha value is -0.860. The zero-order valence-corrected chi connectivity index (χ0v) is 6.53. The molecule has 0 bridgehead atoms. The van der Waals surface area contributed by atoms with Gasteiger partial charge in [0.15, 0.2) is 0 Å². The highest BCUT2D eigenvalue weighted by molar-refractivity contribution is 5.15. The van der Waals surface area contributed by atoms with Crippen LogP contribution in [0.5, 0.6) is 0 Å². The van der Waals surface area contributed by atoms with Crippen molar-refractivity contribution in [2.75, 3.05) is 6.61 Å². The van der Waals surface area contributed by atoms with Gasteiger partial charge in [0.1, 0.15) is 6.04 Å². The van der Waals surface area contributed by atoms with E-state index in [-0.39, 0.29) is 12.6 Å². The van der Waals surface area contributed by atoms with Crippen LogP contribution in [0.4, 0.5) is 0 Å². The molecule has 0 aliphatic carbocycles. The fourth-order valence-electron chi connectivity index (χ4n) is 1.01. The topological polar surface area (TPSA) is 47.9 Å². The summed E-state index contributed by atoms with van der Waals surface area (Å²) < 4.78 is 0. The first-order valence-electron chi connectivity index (χ1n) is 3.81. The molecule has 0 spiro atoms. The molecular weight excluding hydrogens is 138 g/mol. The quantitative estimate of drug-likeness (QED) is 0.620. The van der Waals surface area contributed by atoms with Crippen molar-refractivity contribution in [3.05, 3.63) is 35.9 Å². The number of hydrogen-bond donors (Lipinski definition) is 2. The van der Waals surface area contributed by atoms with Gasteiger partial charge >= 0.3 is 0 Å². The van der Waals surface area contributed by atoms with E-state index in [0.29, 0.717) is 0 Å². The molecule has 1 rings (SSSR count). The van der Waals surface area contributed by atoms with Crippen molar-refractivity contribution in [1.82, 2.24) is 0 Å². The second kappa shape index (κ2) is 4.11. The molecule has 0 heterocycles. The molecule has 0 fully saturated rings. The van der Waals surface area contributed by atoms with Crippen LogP contribution < -0.4 is 5.73 Å². The van der Waals surface area contributed by atoms with Crippen molar-refractivity contribution in [3.8, 4) is 0 Å². The van der Waals surface area contributed by atoms with Crippen LogP contribution in [0, 0.1) is 0 Å². The summed E-state index contributed by atoms with van der Waals surface area (Å²) in [6.45, 7) is 0.162. The Morgan fingerprint density at radius 1 is 1.27 bits per heavy atom. The first kappa shape index (κ1) is 8.24. The van der Waals surface area contributed by atoms with Crippen LogP contribution in [-0.4, -0.2) is 17.8 Å². The van der Waals surface area contributed by atoms with E-state index in [4.69, 9.17) is 5.11 Å². The average Bonchev–Trinajstić information content (AvgIpc) is 2.06. The van der Waals surface area contributed by atoms with Gasteiger partial charge in [-0.15, -0.1) is 0 Å². The maximum Gasteiger partial charge on any atom is 0.112 e. The molecule has 0 aliphatic rings. The van der Waals surface area contributed by atoms with Crippen LogP contribution in [0.15, 0.2) is 30.3 Å². The van der Waals surface area contributed by atoms with Crippen molar-refractivity contribution in [3.63, 3.8) is 0 Å². The summed E-state index contributed by atoms with van der Waals surface area (Å²) in [5.41, 5.74) is 5.04. The first-order chi connectivity index (χ1) is 5.33. The number of aliphatic hydroxyl groups excluding tert-OH is 1. The molecule has 0 amide bonds. The number of rotatable bonds is 3. The van der Waals surface area contributed by atoms with Gasteiger partial charge in [0.05, 0.1) is 6.61 Å². The lowest BCUT2D eigenvalue weighted by atomic mass is 10.1. The molecule has 1 atom stereocenters. The van der Waals surface area contributed by atoms with Crippen LogP contribution in [0.2, 0.25) is 0 Å². The molecule has 0 unspecified atom stereocenters. The van der Waals surface area contributed by atoms with Gasteiger partial charge in [-0.3, -0.25) is 0 Å². The molecular formula is C9H14NO+. The number of hydrogen-bond acceptors (Lipinski definition) is 1.